The summed E-state index contributed by atoms with van der Waals surface area (Å²) in [6, 6.07) is 8.54. The second-order valence-electron chi connectivity index (χ2n) is 6.67. The van der Waals surface area contributed by atoms with E-state index in [2.05, 4.69) is 33.9 Å². The summed E-state index contributed by atoms with van der Waals surface area (Å²) in [5, 5.41) is 10.1. The van der Waals surface area contributed by atoms with Gasteiger partial charge >= 0.3 is 6.09 Å². The van der Waals surface area contributed by atoms with Gasteiger partial charge in [0.15, 0.2) is 0 Å². The summed E-state index contributed by atoms with van der Waals surface area (Å²) in [6.07, 6.45) is 4.61. The zero-order chi connectivity index (χ0) is 19.2. The molecular weight excluding hydrogens is 344 g/mol. The van der Waals surface area contributed by atoms with Crippen molar-refractivity contribution in [1.82, 2.24) is 15.1 Å². The second kappa shape index (κ2) is 8.70. The molecule has 0 radical (unpaired) electrons. The standard InChI is InChI=1S/C20H26N4O3/c1-3-27-20(26)21-12-11-18(25)23-19-14(2)13-22-24(19)17-10-6-8-15-7-4-5-9-16(15)17/h4-5,7,9,13,17H,3,6,8,10-12H2,1-2H3,(H,21,26)(H,23,25)/t17-/m1/s1. The number of hydrogen-bond acceptors (Lipinski definition) is 4. The van der Waals surface area contributed by atoms with Crippen molar-refractivity contribution in [2.24, 2.45) is 0 Å². The zero-order valence-electron chi connectivity index (χ0n) is 15.8. The Labute approximate surface area is 159 Å². The minimum absolute atomic E-state index is 0.122. The maximum atomic E-state index is 12.3. The minimum atomic E-state index is -0.509. The predicted molar refractivity (Wildman–Crippen MR) is 103 cm³/mol. The highest BCUT2D eigenvalue weighted by molar-refractivity contribution is 5.90. The topological polar surface area (TPSA) is 85.2 Å². The number of aromatic nitrogens is 2. The first-order valence-electron chi connectivity index (χ1n) is 9.42. The third-order valence-electron chi connectivity index (χ3n) is 4.77. The van der Waals surface area contributed by atoms with Gasteiger partial charge in [-0.25, -0.2) is 9.48 Å². The Hall–Kier alpha value is -2.83. The number of ether oxygens (including phenoxy) is 1. The lowest BCUT2D eigenvalue weighted by molar-refractivity contribution is -0.116. The number of hydrogen-bond donors (Lipinski definition) is 2. The lowest BCUT2D eigenvalue weighted by Crippen LogP contribution is -2.29. The van der Waals surface area contributed by atoms with Gasteiger partial charge in [-0.2, -0.15) is 5.10 Å². The summed E-state index contributed by atoms with van der Waals surface area (Å²) in [4.78, 5) is 23.6. The first-order chi connectivity index (χ1) is 13.1. The van der Waals surface area contributed by atoms with E-state index in [1.165, 1.54) is 11.1 Å². The van der Waals surface area contributed by atoms with Crippen LogP contribution in [-0.2, 0) is 16.0 Å². The summed E-state index contributed by atoms with van der Waals surface area (Å²) in [5.74, 6) is 0.554. The van der Waals surface area contributed by atoms with Crippen LogP contribution in [0, 0.1) is 6.92 Å². The maximum absolute atomic E-state index is 12.3. The fraction of sp³-hybridized carbons (Fsp3) is 0.450. The molecule has 0 spiro atoms. The minimum Gasteiger partial charge on any atom is -0.450 e. The fourth-order valence-corrected chi connectivity index (χ4v) is 3.48. The predicted octanol–water partition coefficient (Wildman–Crippen LogP) is 3.19. The summed E-state index contributed by atoms with van der Waals surface area (Å²) in [7, 11) is 0. The van der Waals surface area contributed by atoms with E-state index in [4.69, 9.17) is 4.74 Å². The third-order valence-corrected chi connectivity index (χ3v) is 4.77. The monoisotopic (exact) mass is 370 g/mol. The lowest BCUT2D eigenvalue weighted by atomic mass is 9.88. The fourth-order valence-electron chi connectivity index (χ4n) is 3.48. The Morgan fingerprint density at radius 3 is 2.96 bits per heavy atom. The van der Waals surface area contributed by atoms with Gasteiger partial charge in [-0.1, -0.05) is 24.3 Å². The van der Waals surface area contributed by atoms with E-state index < -0.39 is 6.09 Å². The number of aryl methyl sites for hydroxylation is 2. The number of rotatable bonds is 6. The van der Waals surface area contributed by atoms with E-state index in [1.54, 1.807) is 13.1 Å². The van der Waals surface area contributed by atoms with Gasteiger partial charge in [0.2, 0.25) is 5.91 Å². The van der Waals surface area contributed by atoms with E-state index in [9.17, 15) is 9.59 Å². The number of anilines is 1. The van der Waals surface area contributed by atoms with Crippen LogP contribution in [0.4, 0.5) is 10.6 Å². The molecule has 2 N–H and O–H groups in total. The summed E-state index contributed by atoms with van der Waals surface area (Å²) in [6.45, 7) is 4.20. The molecule has 144 valence electrons. The zero-order valence-corrected chi connectivity index (χ0v) is 15.8. The molecule has 0 bridgehead atoms. The number of carbonyl (C=O) groups is 2. The molecule has 1 aliphatic rings. The average Bonchev–Trinajstić information content (AvgIpc) is 3.02. The molecule has 0 saturated carbocycles. The molecule has 0 fully saturated rings. The molecule has 7 nitrogen and oxygen atoms in total. The number of fused-ring (bicyclic) bond motifs is 1. The third kappa shape index (κ3) is 4.48. The lowest BCUT2D eigenvalue weighted by Gasteiger charge is -2.27. The van der Waals surface area contributed by atoms with Crippen molar-refractivity contribution in [2.45, 2.75) is 45.6 Å². The van der Waals surface area contributed by atoms with E-state index in [0.29, 0.717) is 6.61 Å². The van der Waals surface area contributed by atoms with Crippen molar-refractivity contribution in [2.75, 3.05) is 18.5 Å². The van der Waals surface area contributed by atoms with Crippen molar-refractivity contribution in [3.63, 3.8) is 0 Å². The van der Waals surface area contributed by atoms with Crippen LogP contribution in [0.15, 0.2) is 30.5 Å². The molecule has 1 aromatic heterocycles. The largest absolute Gasteiger partial charge is 0.450 e. The normalized spacial score (nSPS) is 15.7. The van der Waals surface area contributed by atoms with Crippen molar-refractivity contribution in [1.29, 1.82) is 0 Å². The molecule has 1 aromatic carbocycles. The van der Waals surface area contributed by atoms with Gasteiger partial charge in [-0.05, 0) is 44.2 Å². The van der Waals surface area contributed by atoms with E-state index in [0.717, 1.165) is 30.6 Å². The van der Waals surface area contributed by atoms with E-state index in [-0.39, 0.29) is 24.9 Å². The van der Waals surface area contributed by atoms with Crippen molar-refractivity contribution in [3.05, 3.63) is 47.2 Å². The van der Waals surface area contributed by atoms with Crippen LogP contribution in [0.5, 0.6) is 0 Å². The smallest absolute Gasteiger partial charge is 0.407 e. The average molecular weight is 370 g/mol. The summed E-state index contributed by atoms with van der Waals surface area (Å²) in [5.41, 5.74) is 3.54. The SMILES string of the molecule is CCOC(=O)NCCC(=O)Nc1c(C)cnn1[C@@H]1CCCc2ccccc21. The molecule has 27 heavy (non-hydrogen) atoms. The first kappa shape index (κ1) is 18.9. The van der Waals surface area contributed by atoms with E-state index >= 15 is 0 Å². The highest BCUT2D eigenvalue weighted by atomic mass is 16.5. The molecule has 2 aromatic rings. The Morgan fingerprint density at radius 1 is 1.33 bits per heavy atom. The van der Waals surface area contributed by atoms with Crippen LogP contribution in [0.2, 0.25) is 0 Å². The number of amides is 2. The van der Waals surface area contributed by atoms with Crippen LogP contribution in [0.3, 0.4) is 0 Å². The molecule has 1 atom stereocenters. The molecule has 1 aliphatic carbocycles. The second-order valence-corrected chi connectivity index (χ2v) is 6.67. The van der Waals surface area contributed by atoms with Gasteiger partial charge in [0, 0.05) is 18.5 Å². The number of carbonyl (C=O) groups excluding carboxylic acids is 2. The van der Waals surface area contributed by atoms with Crippen LogP contribution in [-0.4, -0.2) is 34.9 Å². The van der Waals surface area contributed by atoms with Gasteiger partial charge in [0.05, 0.1) is 18.8 Å². The van der Waals surface area contributed by atoms with Gasteiger partial charge in [0.25, 0.3) is 0 Å². The summed E-state index contributed by atoms with van der Waals surface area (Å²) < 4.78 is 6.71. The maximum Gasteiger partial charge on any atom is 0.407 e. The number of nitrogens with one attached hydrogen (secondary N) is 2. The number of nitrogens with zero attached hydrogens (tertiary/aromatic N) is 2. The Morgan fingerprint density at radius 2 is 2.15 bits per heavy atom. The van der Waals surface area contributed by atoms with Crippen molar-refractivity contribution < 1.29 is 14.3 Å². The van der Waals surface area contributed by atoms with E-state index in [1.807, 2.05) is 17.7 Å². The molecule has 1 heterocycles. The summed E-state index contributed by atoms with van der Waals surface area (Å²) >= 11 is 0. The van der Waals surface area contributed by atoms with Gasteiger partial charge in [0.1, 0.15) is 5.82 Å². The van der Waals surface area contributed by atoms with Gasteiger partial charge in [-0.3, -0.25) is 4.79 Å². The van der Waals surface area contributed by atoms with Crippen LogP contribution in [0.1, 0.15) is 48.9 Å². The van der Waals surface area contributed by atoms with Crippen molar-refractivity contribution >= 4 is 17.8 Å². The van der Waals surface area contributed by atoms with Crippen molar-refractivity contribution in [3.8, 4) is 0 Å². The number of alkyl carbamates (subject to hydrolysis) is 1. The van der Waals surface area contributed by atoms with Crippen LogP contribution < -0.4 is 10.6 Å². The highest BCUT2D eigenvalue weighted by Crippen LogP contribution is 2.35. The first-order valence-corrected chi connectivity index (χ1v) is 9.42. The molecule has 7 heteroatoms. The Balaban J connectivity index is 1.69. The Bertz CT molecular complexity index is 815. The molecule has 0 saturated heterocycles. The Kier molecular flexibility index (Phi) is 6.11. The van der Waals surface area contributed by atoms with Crippen LogP contribution >= 0.6 is 0 Å². The molecule has 2 amide bonds. The molecule has 0 aliphatic heterocycles. The number of benzene rings is 1. The molecule has 0 unspecified atom stereocenters. The molecule has 3 rings (SSSR count). The quantitative estimate of drug-likeness (QED) is 0.818. The molecular formula is C20H26N4O3. The van der Waals surface area contributed by atoms with Gasteiger partial charge in [-0.15, -0.1) is 0 Å². The van der Waals surface area contributed by atoms with Gasteiger partial charge < -0.3 is 15.4 Å². The van der Waals surface area contributed by atoms with Crippen LogP contribution in [0.25, 0.3) is 0 Å². The highest BCUT2D eigenvalue weighted by Gasteiger charge is 2.25.